The fourth-order valence-corrected chi connectivity index (χ4v) is 5.73. The highest BCUT2D eigenvalue weighted by atomic mass is 16.7. The standard InChI is InChI=1S/C18H20O3/c19-17(14-1-2-15-16(6-14)21-10-20-15)18-7-11-3-12(8-18)5-13(4-11)9-18/h1-2,6,11-13H,3-5,7-10H2. The Hall–Kier alpha value is -1.51. The molecule has 0 N–H and O–H groups in total. The largest absolute Gasteiger partial charge is 0.454 e. The molecule has 21 heavy (non-hydrogen) atoms. The van der Waals surface area contributed by atoms with Gasteiger partial charge in [-0.1, -0.05) is 0 Å². The molecule has 4 aliphatic carbocycles. The van der Waals surface area contributed by atoms with Crippen molar-refractivity contribution in [1.82, 2.24) is 0 Å². The van der Waals surface area contributed by atoms with Crippen LogP contribution in [-0.2, 0) is 0 Å². The number of ketones is 1. The summed E-state index contributed by atoms with van der Waals surface area (Å²) in [4.78, 5) is 13.2. The van der Waals surface area contributed by atoms with Gasteiger partial charge in [0.1, 0.15) is 0 Å². The summed E-state index contributed by atoms with van der Waals surface area (Å²) in [6.07, 6.45) is 7.46. The highest BCUT2D eigenvalue weighted by molar-refractivity contribution is 6.01. The zero-order chi connectivity index (χ0) is 14.0. The van der Waals surface area contributed by atoms with Crippen molar-refractivity contribution < 1.29 is 14.3 Å². The van der Waals surface area contributed by atoms with E-state index < -0.39 is 0 Å². The Kier molecular flexibility index (Phi) is 2.31. The first-order chi connectivity index (χ1) is 10.2. The van der Waals surface area contributed by atoms with Crippen molar-refractivity contribution in [2.24, 2.45) is 23.2 Å². The van der Waals surface area contributed by atoms with Crippen LogP contribution in [0.2, 0.25) is 0 Å². The van der Waals surface area contributed by atoms with Gasteiger partial charge in [-0.2, -0.15) is 0 Å². The second-order valence-corrected chi connectivity index (χ2v) is 7.60. The van der Waals surface area contributed by atoms with E-state index in [1.165, 1.54) is 19.3 Å². The van der Waals surface area contributed by atoms with Crippen molar-refractivity contribution in [3.05, 3.63) is 23.8 Å². The summed E-state index contributed by atoms with van der Waals surface area (Å²) < 4.78 is 10.8. The Morgan fingerprint density at radius 2 is 1.57 bits per heavy atom. The Balaban J connectivity index is 1.51. The molecule has 5 aliphatic rings. The van der Waals surface area contributed by atoms with Crippen LogP contribution in [0.5, 0.6) is 11.5 Å². The number of hydrogen-bond donors (Lipinski definition) is 0. The predicted octanol–water partition coefficient (Wildman–Crippen LogP) is 3.81. The zero-order valence-corrected chi connectivity index (χ0v) is 12.1. The minimum atomic E-state index is -0.0670. The van der Waals surface area contributed by atoms with Gasteiger partial charge in [0.2, 0.25) is 6.79 Å². The van der Waals surface area contributed by atoms with E-state index in [1.807, 2.05) is 18.2 Å². The lowest BCUT2D eigenvalue weighted by atomic mass is 9.48. The van der Waals surface area contributed by atoms with E-state index in [2.05, 4.69) is 0 Å². The summed E-state index contributed by atoms with van der Waals surface area (Å²) in [5, 5.41) is 0. The molecular weight excluding hydrogens is 264 g/mol. The van der Waals surface area contributed by atoms with Gasteiger partial charge in [0.15, 0.2) is 17.3 Å². The molecule has 0 radical (unpaired) electrons. The van der Waals surface area contributed by atoms with E-state index >= 15 is 0 Å². The summed E-state index contributed by atoms with van der Waals surface area (Å²) in [5.74, 6) is 4.25. The second kappa shape index (κ2) is 4.02. The molecule has 6 rings (SSSR count). The quantitative estimate of drug-likeness (QED) is 0.775. The predicted molar refractivity (Wildman–Crippen MR) is 77.5 cm³/mol. The SMILES string of the molecule is O=C(c1ccc2c(c1)OCO2)C12CC3CC(CC(C3)C1)C2. The van der Waals surface area contributed by atoms with Gasteiger partial charge in [-0.15, -0.1) is 0 Å². The molecule has 4 fully saturated rings. The molecule has 1 aromatic rings. The molecule has 1 aromatic carbocycles. The summed E-state index contributed by atoms with van der Waals surface area (Å²) >= 11 is 0. The van der Waals surface area contributed by atoms with Crippen LogP contribution in [-0.4, -0.2) is 12.6 Å². The molecule has 0 atom stereocenters. The number of rotatable bonds is 2. The number of benzene rings is 1. The van der Waals surface area contributed by atoms with Crippen molar-refractivity contribution in [3.63, 3.8) is 0 Å². The highest BCUT2D eigenvalue weighted by Gasteiger charge is 2.54. The third-order valence-corrected chi connectivity index (χ3v) is 6.15. The third-order valence-electron chi connectivity index (χ3n) is 6.15. The summed E-state index contributed by atoms with van der Waals surface area (Å²) in [6, 6.07) is 5.70. The molecule has 0 amide bonds. The van der Waals surface area contributed by atoms with Gasteiger partial charge in [-0.3, -0.25) is 4.79 Å². The van der Waals surface area contributed by atoms with Crippen LogP contribution in [0.1, 0.15) is 48.9 Å². The number of hydrogen-bond acceptors (Lipinski definition) is 3. The van der Waals surface area contributed by atoms with Crippen molar-refractivity contribution in [2.75, 3.05) is 6.79 Å². The van der Waals surface area contributed by atoms with Crippen LogP contribution < -0.4 is 9.47 Å². The summed E-state index contributed by atoms with van der Waals surface area (Å²) in [5.41, 5.74) is 0.754. The maximum Gasteiger partial charge on any atom is 0.231 e. The van der Waals surface area contributed by atoms with Gasteiger partial charge in [-0.05, 0) is 74.5 Å². The lowest BCUT2D eigenvalue weighted by Gasteiger charge is -2.56. The first-order valence-electron chi connectivity index (χ1n) is 8.16. The molecule has 0 unspecified atom stereocenters. The van der Waals surface area contributed by atoms with Crippen LogP contribution >= 0.6 is 0 Å². The van der Waals surface area contributed by atoms with Crippen LogP contribution in [0, 0.1) is 23.2 Å². The molecule has 1 aliphatic heterocycles. The van der Waals surface area contributed by atoms with E-state index in [0.29, 0.717) is 5.78 Å². The van der Waals surface area contributed by atoms with E-state index in [1.54, 1.807) is 0 Å². The molecular formula is C18H20O3. The van der Waals surface area contributed by atoms with Crippen LogP contribution in [0.15, 0.2) is 18.2 Å². The van der Waals surface area contributed by atoms with E-state index in [4.69, 9.17) is 9.47 Å². The van der Waals surface area contributed by atoms with Gasteiger partial charge >= 0.3 is 0 Å². The van der Waals surface area contributed by atoms with E-state index in [-0.39, 0.29) is 12.2 Å². The summed E-state index contributed by atoms with van der Waals surface area (Å²) in [7, 11) is 0. The first kappa shape index (κ1) is 12.1. The van der Waals surface area contributed by atoms with Crippen molar-refractivity contribution >= 4 is 5.78 Å². The van der Waals surface area contributed by atoms with Crippen LogP contribution in [0.4, 0.5) is 0 Å². The van der Waals surface area contributed by atoms with Gasteiger partial charge < -0.3 is 9.47 Å². The maximum atomic E-state index is 13.2. The maximum absolute atomic E-state index is 13.2. The first-order valence-corrected chi connectivity index (χ1v) is 8.16. The Bertz CT molecular complexity index is 584. The van der Waals surface area contributed by atoms with Gasteiger partial charge in [0, 0.05) is 11.0 Å². The minimum Gasteiger partial charge on any atom is -0.454 e. The minimum absolute atomic E-state index is 0.0670. The lowest BCUT2D eigenvalue weighted by Crippen LogP contribution is -2.50. The smallest absolute Gasteiger partial charge is 0.231 e. The van der Waals surface area contributed by atoms with Crippen LogP contribution in [0.25, 0.3) is 0 Å². The molecule has 110 valence electrons. The summed E-state index contributed by atoms with van der Waals surface area (Å²) in [6.45, 7) is 0.268. The van der Waals surface area contributed by atoms with Gasteiger partial charge in [-0.25, -0.2) is 0 Å². The van der Waals surface area contributed by atoms with Crippen molar-refractivity contribution in [2.45, 2.75) is 38.5 Å². The number of Topliss-reactive ketones (excluding diaryl/α,β-unsaturated/α-hetero) is 1. The van der Waals surface area contributed by atoms with Crippen molar-refractivity contribution in [3.8, 4) is 11.5 Å². The molecule has 0 saturated heterocycles. The highest BCUT2D eigenvalue weighted by Crippen LogP contribution is 2.61. The molecule has 0 aromatic heterocycles. The number of ether oxygens (including phenoxy) is 2. The molecule has 3 nitrogen and oxygen atoms in total. The monoisotopic (exact) mass is 284 g/mol. The van der Waals surface area contributed by atoms with E-state index in [9.17, 15) is 4.79 Å². The number of fused-ring (bicyclic) bond motifs is 1. The number of carbonyl (C=O) groups excluding carboxylic acids is 1. The van der Waals surface area contributed by atoms with Crippen molar-refractivity contribution in [1.29, 1.82) is 0 Å². The Labute approximate surface area is 124 Å². The molecule has 0 spiro atoms. The molecule has 4 saturated carbocycles. The van der Waals surface area contributed by atoms with E-state index in [0.717, 1.165) is 54.1 Å². The second-order valence-electron chi connectivity index (χ2n) is 7.60. The van der Waals surface area contributed by atoms with Gasteiger partial charge in [0.05, 0.1) is 0 Å². The number of carbonyl (C=O) groups is 1. The van der Waals surface area contributed by atoms with Gasteiger partial charge in [0.25, 0.3) is 0 Å². The Morgan fingerprint density at radius 1 is 0.952 bits per heavy atom. The molecule has 1 heterocycles. The van der Waals surface area contributed by atoms with Crippen LogP contribution in [0.3, 0.4) is 0 Å². The normalized spacial score (nSPS) is 38.8. The average molecular weight is 284 g/mol. The fourth-order valence-electron chi connectivity index (χ4n) is 5.73. The molecule has 4 bridgehead atoms. The topological polar surface area (TPSA) is 35.5 Å². The molecule has 3 heteroatoms. The third kappa shape index (κ3) is 1.69. The fraction of sp³-hybridized carbons (Fsp3) is 0.611. The average Bonchev–Trinajstić information content (AvgIpc) is 2.92. The lowest BCUT2D eigenvalue weighted by molar-refractivity contribution is -0.0353. The zero-order valence-electron chi connectivity index (χ0n) is 12.1. The Morgan fingerprint density at radius 3 is 2.24 bits per heavy atom.